The Kier molecular flexibility index (Phi) is 7.12. The molecule has 9 heteroatoms. The van der Waals surface area contributed by atoms with Gasteiger partial charge in [-0.05, 0) is 63.8 Å². The molecule has 1 atom stereocenters. The van der Waals surface area contributed by atoms with Crippen LogP contribution in [0.25, 0.3) is 10.2 Å². The lowest BCUT2D eigenvalue weighted by Gasteiger charge is -2.29. The highest BCUT2D eigenvalue weighted by molar-refractivity contribution is 7.99. The summed E-state index contributed by atoms with van der Waals surface area (Å²) in [6.45, 7) is 7.82. The number of anilines is 2. The van der Waals surface area contributed by atoms with Gasteiger partial charge in [0.05, 0.1) is 27.1 Å². The van der Waals surface area contributed by atoms with E-state index in [1.54, 1.807) is 0 Å². The number of halogens is 1. The van der Waals surface area contributed by atoms with Crippen LogP contribution in [-0.2, 0) is 10.5 Å². The summed E-state index contributed by atoms with van der Waals surface area (Å²) in [5, 5.41) is 3.95. The SMILES string of the molecule is Cc1sc2nc(CSC(C)C(=O)Nc3ccc(N4CCCCC4)c(Cl)c3)[nH]c(=O)c2c1C. The maximum absolute atomic E-state index is 12.7. The van der Waals surface area contributed by atoms with Gasteiger partial charge in [-0.25, -0.2) is 4.98 Å². The third-order valence-electron chi connectivity index (χ3n) is 5.84. The number of thioether (sulfide) groups is 1. The molecule has 1 amide bonds. The zero-order chi connectivity index (χ0) is 22.8. The van der Waals surface area contributed by atoms with Gasteiger partial charge in [0.2, 0.25) is 5.91 Å². The number of H-pyrrole nitrogens is 1. The third-order valence-corrected chi connectivity index (χ3v) is 8.40. The molecule has 32 heavy (non-hydrogen) atoms. The fourth-order valence-corrected chi connectivity index (χ4v) is 5.97. The van der Waals surface area contributed by atoms with E-state index in [1.165, 1.54) is 42.4 Å². The van der Waals surface area contributed by atoms with Crippen LogP contribution < -0.4 is 15.8 Å². The molecule has 170 valence electrons. The third kappa shape index (κ3) is 4.97. The Morgan fingerprint density at radius 3 is 2.78 bits per heavy atom. The number of rotatable bonds is 6. The van der Waals surface area contributed by atoms with E-state index in [1.807, 2.05) is 39.0 Å². The monoisotopic (exact) mass is 490 g/mol. The van der Waals surface area contributed by atoms with Crippen molar-refractivity contribution in [3.63, 3.8) is 0 Å². The number of carbonyl (C=O) groups excluding carboxylic acids is 1. The van der Waals surface area contributed by atoms with E-state index >= 15 is 0 Å². The predicted octanol–water partition coefficient (Wildman–Crippen LogP) is 5.51. The molecule has 6 nitrogen and oxygen atoms in total. The average molecular weight is 491 g/mol. The van der Waals surface area contributed by atoms with Gasteiger partial charge in [0.25, 0.3) is 5.56 Å². The van der Waals surface area contributed by atoms with Crippen molar-refractivity contribution in [1.82, 2.24) is 9.97 Å². The average Bonchev–Trinajstić information content (AvgIpc) is 3.06. The molecule has 0 spiro atoms. The summed E-state index contributed by atoms with van der Waals surface area (Å²) >= 11 is 9.46. The van der Waals surface area contributed by atoms with Crippen LogP contribution in [-0.4, -0.2) is 34.2 Å². The molecular weight excluding hydrogens is 464 g/mol. The molecule has 0 aliphatic carbocycles. The second kappa shape index (κ2) is 9.85. The molecule has 1 saturated heterocycles. The number of nitrogens with one attached hydrogen (secondary N) is 2. The van der Waals surface area contributed by atoms with Gasteiger partial charge in [-0.1, -0.05) is 11.6 Å². The van der Waals surface area contributed by atoms with Crippen LogP contribution in [0.2, 0.25) is 5.02 Å². The molecular formula is C23H27ClN4O2S2. The van der Waals surface area contributed by atoms with Gasteiger partial charge in [-0.15, -0.1) is 23.1 Å². The van der Waals surface area contributed by atoms with Gasteiger partial charge >= 0.3 is 0 Å². The molecule has 1 fully saturated rings. The van der Waals surface area contributed by atoms with E-state index < -0.39 is 0 Å². The molecule has 0 bridgehead atoms. The lowest BCUT2D eigenvalue weighted by Crippen LogP contribution is -2.29. The van der Waals surface area contributed by atoms with Crippen molar-refractivity contribution >= 4 is 62.2 Å². The summed E-state index contributed by atoms with van der Waals surface area (Å²) in [6.07, 6.45) is 3.63. The highest BCUT2D eigenvalue weighted by Gasteiger charge is 2.18. The Morgan fingerprint density at radius 2 is 2.06 bits per heavy atom. The number of amides is 1. The largest absolute Gasteiger partial charge is 0.370 e. The summed E-state index contributed by atoms with van der Waals surface area (Å²) in [5.74, 6) is 0.926. The van der Waals surface area contributed by atoms with Gasteiger partial charge in [-0.3, -0.25) is 9.59 Å². The fraction of sp³-hybridized carbons (Fsp3) is 0.435. The maximum Gasteiger partial charge on any atom is 0.259 e. The Bertz CT molecular complexity index is 1200. The molecule has 0 radical (unpaired) electrons. The standard InChI is InChI=1S/C23H27ClN4O2S2/c1-13-14(2)32-23-20(13)22(30)26-19(27-23)12-31-15(3)21(29)25-16-7-8-18(17(24)11-16)28-9-5-4-6-10-28/h7-8,11,15H,4-6,9-10,12H2,1-3H3,(H,25,29)(H,26,27,30). The summed E-state index contributed by atoms with van der Waals surface area (Å²) < 4.78 is 0. The number of fused-ring (bicyclic) bond motifs is 1. The fourth-order valence-electron chi connectivity index (χ4n) is 3.87. The van der Waals surface area contributed by atoms with Crippen molar-refractivity contribution < 1.29 is 4.79 Å². The van der Waals surface area contributed by atoms with E-state index in [0.29, 0.717) is 27.7 Å². The van der Waals surface area contributed by atoms with Crippen LogP contribution in [0, 0.1) is 13.8 Å². The second-order valence-electron chi connectivity index (χ2n) is 8.13. The first-order valence-electron chi connectivity index (χ1n) is 10.8. The number of aromatic amines is 1. The lowest BCUT2D eigenvalue weighted by atomic mass is 10.1. The quantitative estimate of drug-likeness (QED) is 0.476. The van der Waals surface area contributed by atoms with Crippen LogP contribution >= 0.6 is 34.7 Å². The minimum Gasteiger partial charge on any atom is -0.370 e. The number of benzene rings is 1. The Balaban J connectivity index is 1.37. The van der Waals surface area contributed by atoms with Crippen LogP contribution in [0.1, 0.15) is 42.5 Å². The maximum atomic E-state index is 12.7. The summed E-state index contributed by atoms with van der Waals surface area (Å²) in [5.41, 5.74) is 2.57. The number of carbonyl (C=O) groups is 1. The highest BCUT2D eigenvalue weighted by atomic mass is 35.5. The summed E-state index contributed by atoms with van der Waals surface area (Å²) in [7, 11) is 0. The zero-order valence-electron chi connectivity index (χ0n) is 18.5. The van der Waals surface area contributed by atoms with Crippen LogP contribution in [0.4, 0.5) is 11.4 Å². The van der Waals surface area contributed by atoms with Gasteiger partial charge in [0, 0.05) is 23.7 Å². The number of aromatic nitrogens is 2. The van der Waals surface area contributed by atoms with Crippen molar-refractivity contribution in [3.8, 4) is 0 Å². The Morgan fingerprint density at radius 1 is 1.31 bits per heavy atom. The van der Waals surface area contributed by atoms with Crippen molar-refractivity contribution in [1.29, 1.82) is 0 Å². The lowest BCUT2D eigenvalue weighted by molar-refractivity contribution is -0.115. The van der Waals surface area contributed by atoms with Gasteiger partial charge in [0.1, 0.15) is 10.7 Å². The Hall–Kier alpha value is -2.03. The Labute approximate surface area is 200 Å². The molecule has 2 N–H and O–H groups in total. The normalized spacial score (nSPS) is 15.2. The number of piperidine rings is 1. The number of hydrogen-bond donors (Lipinski definition) is 2. The molecule has 3 heterocycles. The van der Waals surface area contributed by atoms with Crippen molar-refractivity contribution in [2.75, 3.05) is 23.3 Å². The summed E-state index contributed by atoms with van der Waals surface area (Å²) in [6, 6.07) is 5.70. The number of aryl methyl sites for hydroxylation is 2. The number of nitrogens with zero attached hydrogens (tertiary/aromatic N) is 2. The van der Waals surface area contributed by atoms with Gasteiger partial charge in [-0.2, -0.15) is 0 Å². The molecule has 1 aromatic carbocycles. The molecule has 1 aliphatic heterocycles. The van der Waals surface area contributed by atoms with Crippen molar-refractivity contribution in [3.05, 3.63) is 49.8 Å². The first-order valence-corrected chi connectivity index (χ1v) is 13.0. The van der Waals surface area contributed by atoms with E-state index in [2.05, 4.69) is 20.2 Å². The minimum atomic E-state index is -0.316. The smallest absolute Gasteiger partial charge is 0.259 e. The molecule has 1 aliphatic rings. The van der Waals surface area contributed by atoms with Gasteiger partial charge < -0.3 is 15.2 Å². The van der Waals surface area contributed by atoms with E-state index in [9.17, 15) is 9.59 Å². The molecule has 4 rings (SSSR count). The van der Waals surface area contributed by atoms with Crippen molar-refractivity contribution in [2.24, 2.45) is 0 Å². The molecule has 3 aromatic rings. The molecule has 2 aromatic heterocycles. The molecule has 0 saturated carbocycles. The highest BCUT2D eigenvalue weighted by Crippen LogP contribution is 2.31. The predicted molar refractivity (Wildman–Crippen MR) is 137 cm³/mol. The van der Waals surface area contributed by atoms with Crippen LogP contribution in [0.3, 0.4) is 0 Å². The van der Waals surface area contributed by atoms with Crippen LogP contribution in [0.5, 0.6) is 0 Å². The van der Waals surface area contributed by atoms with Crippen LogP contribution in [0.15, 0.2) is 23.0 Å². The van der Waals surface area contributed by atoms with E-state index in [-0.39, 0.29) is 16.7 Å². The molecule has 1 unspecified atom stereocenters. The number of thiophene rings is 1. The second-order valence-corrected chi connectivity index (χ2v) is 11.1. The topological polar surface area (TPSA) is 78.1 Å². The summed E-state index contributed by atoms with van der Waals surface area (Å²) in [4.78, 5) is 36.7. The number of hydrogen-bond acceptors (Lipinski definition) is 6. The van der Waals surface area contributed by atoms with E-state index in [4.69, 9.17) is 11.6 Å². The van der Waals surface area contributed by atoms with E-state index in [0.717, 1.165) is 34.0 Å². The first-order chi connectivity index (χ1) is 15.3. The minimum absolute atomic E-state index is 0.108. The van der Waals surface area contributed by atoms with Gasteiger partial charge in [0.15, 0.2) is 0 Å². The first kappa shape index (κ1) is 23.1. The zero-order valence-corrected chi connectivity index (χ0v) is 20.8. The van der Waals surface area contributed by atoms with Crippen molar-refractivity contribution in [2.45, 2.75) is 51.0 Å².